The van der Waals surface area contributed by atoms with Crippen molar-refractivity contribution in [3.63, 3.8) is 0 Å². The summed E-state index contributed by atoms with van der Waals surface area (Å²) in [6.07, 6.45) is -0.386. The second-order valence-electron chi connectivity index (χ2n) is 1.33. The molecule has 0 unspecified atom stereocenters. The van der Waals surface area contributed by atoms with Crippen molar-refractivity contribution in [2.45, 2.75) is 24.9 Å². The minimum atomic E-state index is -2.72. The lowest BCUT2D eigenvalue weighted by Crippen LogP contribution is -2.11. The highest BCUT2D eigenvalue weighted by atomic mass is 32.1. The van der Waals surface area contributed by atoms with Gasteiger partial charge in [-0.15, -0.1) is 0 Å². The molecule has 0 rings (SSSR count). The molecule has 7 heavy (non-hydrogen) atoms. The van der Waals surface area contributed by atoms with Gasteiger partial charge in [0.1, 0.15) is 0 Å². The number of aliphatic hydroxyl groups excluding tert-OH is 1. The van der Waals surface area contributed by atoms with Crippen LogP contribution >= 0.6 is 12.6 Å². The molecule has 1 N–H and O–H groups in total. The minimum Gasteiger partial charge on any atom is -0.396 e. The highest BCUT2D eigenvalue weighted by molar-refractivity contribution is 7.81. The first kappa shape index (κ1) is 1.92. The predicted molar refractivity (Wildman–Crippen MR) is 34.8 cm³/mol. The van der Waals surface area contributed by atoms with Crippen LogP contribution in [0.2, 0.25) is 0 Å². The van der Waals surface area contributed by atoms with Crippen LogP contribution in [0.25, 0.3) is 0 Å². The SMILES string of the molecule is [2H]C([2H])([2H])C(S)(CCO)C([2H])([2H])[2H]. The van der Waals surface area contributed by atoms with Gasteiger partial charge >= 0.3 is 0 Å². The quantitative estimate of drug-likeness (QED) is 0.530. The van der Waals surface area contributed by atoms with Crippen LogP contribution in [0.1, 0.15) is 28.3 Å². The van der Waals surface area contributed by atoms with E-state index in [0.717, 1.165) is 0 Å². The number of hydrogen-bond acceptors (Lipinski definition) is 2. The van der Waals surface area contributed by atoms with Gasteiger partial charge < -0.3 is 5.11 Å². The largest absolute Gasteiger partial charge is 0.396 e. The van der Waals surface area contributed by atoms with Crippen LogP contribution in [0.4, 0.5) is 0 Å². The summed E-state index contributed by atoms with van der Waals surface area (Å²) in [6.45, 7) is -5.95. The molecule has 0 saturated carbocycles. The Balaban J connectivity index is 4.96. The summed E-state index contributed by atoms with van der Waals surface area (Å²) in [5, 5.41) is 8.58. The molecule has 0 bridgehead atoms. The molecular weight excluding hydrogens is 108 g/mol. The number of thiol groups is 1. The maximum absolute atomic E-state index is 8.58. The Morgan fingerprint density at radius 3 is 2.57 bits per heavy atom. The topological polar surface area (TPSA) is 20.2 Å². The summed E-state index contributed by atoms with van der Waals surface area (Å²) in [5.74, 6) is 0. The van der Waals surface area contributed by atoms with Crippen LogP contribution in [-0.2, 0) is 0 Å². The normalized spacial score (nSPS) is 28.3. The molecule has 0 spiro atoms. The molecule has 0 aromatic rings. The molecule has 0 aliphatic heterocycles. The van der Waals surface area contributed by atoms with Gasteiger partial charge in [-0.1, -0.05) is 13.7 Å². The lowest BCUT2D eigenvalue weighted by atomic mass is 10.1. The Labute approximate surface area is 58.6 Å². The van der Waals surface area contributed by atoms with E-state index in [9.17, 15) is 0 Å². The van der Waals surface area contributed by atoms with Gasteiger partial charge in [-0.05, 0) is 6.42 Å². The molecule has 0 saturated heterocycles. The van der Waals surface area contributed by atoms with Crippen molar-refractivity contribution >= 4 is 12.6 Å². The fourth-order valence-corrected chi connectivity index (χ4v) is 0.262. The van der Waals surface area contributed by atoms with Crippen molar-refractivity contribution < 1.29 is 13.3 Å². The van der Waals surface area contributed by atoms with E-state index in [1.165, 1.54) is 0 Å². The Hall–Kier alpha value is 0.310. The molecule has 0 atom stereocenters. The van der Waals surface area contributed by atoms with E-state index in [1.807, 2.05) is 0 Å². The third-order valence-corrected chi connectivity index (χ3v) is 0.697. The van der Waals surface area contributed by atoms with Crippen LogP contribution in [0.3, 0.4) is 0 Å². The molecule has 0 heterocycles. The highest BCUT2D eigenvalue weighted by Gasteiger charge is 2.08. The number of hydrogen-bond donors (Lipinski definition) is 2. The van der Waals surface area contributed by atoms with Gasteiger partial charge in [0, 0.05) is 19.6 Å². The van der Waals surface area contributed by atoms with Crippen LogP contribution in [0.5, 0.6) is 0 Å². The van der Waals surface area contributed by atoms with Crippen LogP contribution in [-0.4, -0.2) is 16.5 Å². The molecule has 0 aromatic heterocycles. The molecule has 0 aliphatic carbocycles. The Kier molecular flexibility index (Phi) is 0.707. The highest BCUT2D eigenvalue weighted by Crippen LogP contribution is 2.14. The summed E-state index contributed by atoms with van der Waals surface area (Å²) in [5.41, 5.74) is 0. The van der Waals surface area contributed by atoms with Gasteiger partial charge in [-0.25, -0.2) is 0 Å². The molecule has 2 heteroatoms. The van der Waals surface area contributed by atoms with Gasteiger partial charge in [0.05, 0.1) is 0 Å². The molecule has 0 aliphatic rings. The van der Waals surface area contributed by atoms with E-state index in [1.54, 1.807) is 0 Å². The first-order valence-corrected chi connectivity index (χ1v) is 2.34. The minimum absolute atomic E-state index is 0.386. The summed E-state index contributed by atoms with van der Waals surface area (Å²) in [7, 11) is 0. The first-order valence-electron chi connectivity index (χ1n) is 4.89. The molecule has 1 nitrogen and oxygen atoms in total. The lowest BCUT2D eigenvalue weighted by molar-refractivity contribution is 0.276. The lowest BCUT2D eigenvalue weighted by Gasteiger charge is -2.13. The average molecular weight is 126 g/mol. The summed E-state index contributed by atoms with van der Waals surface area (Å²) >= 11 is 3.67. The van der Waals surface area contributed by atoms with E-state index < -0.39 is 25.1 Å². The molecular formula is C5H12OS. The number of rotatable bonds is 2. The smallest absolute Gasteiger partial charge is 0.0443 e. The van der Waals surface area contributed by atoms with Gasteiger partial charge in [0.25, 0.3) is 0 Å². The van der Waals surface area contributed by atoms with Gasteiger partial charge in [0.15, 0.2) is 0 Å². The fourth-order valence-electron chi connectivity index (χ4n) is 0.162. The van der Waals surface area contributed by atoms with Gasteiger partial charge in [-0.2, -0.15) is 12.6 Å². The Morgan fingerprint density at radius 2 is 2.43 bits per heavy atom. The molecule has 0 aromatic carbocycles. The second-order valence-corrected chi connectivity index (χ2v) is 2.10. The summed E-state index contributed by atoms with van der Waals surface area (Å²) in [6, 6.07) is 0. The Morgan fingerprint density at radius 1 is 1.86 bits per heavy atom. The Bertz CT molecular complexity index is 159. The zero-order chi connectivity index (χ0) is 10.9. The van der Waals surface area contributed by atoms with Crippen LogP contribution in [0, 0.1) is 0 Å². The maximum atomic E-state index is 8.58. The summed E-state index contributed by atoms with van der Waals surface area (Å²) < 4.78 is 40.1. The molecule has 0 radical (unpaired) electrons. The van der Waals surface area contributed by atoms with Crippen molar-refractivity contribution in [2.75, 3.05) is 6.61 Å². The number of aliphatic hydroxyl groups is 1. The van der Waals surface area contributed by atoms with Crippen molar-refractivity contribution in [1.29, 1.82) is 0 Å². The first-order chi connectivity index (χ1) is 5.56. The van der Waals surface area contributed by atoms with E-state index in [-0.39, 0.29) is 6.42 Å². The van der Waals surface area contributed by atoms with E-state index in [2.05, 4.69) is 12.6 Å². The van der Waals surface area contributed by atoms with Crippen molar-refractivity contribution in [2.24, 2.45) is 0 Å². The van der Waals surface area contributed by atoms with Crippen LogP contribution in [0.15, 0.2) is 0 Å². The fraction of sp³-hybridized carbons (Fsp3) is 1.00. The third kappa shape index (κ3) is 6.31. The van der Waals surface area contributed by atoms with Crippen molar-refractivity contribution in [3.05, 3.63) is 0 Å². The predicted octanol–water partition coefficient (Wildman–Crippen LogP) is 1.08. The average Bonchev–Trinajstić information content (AvgIpc) is 1.82. The van der Waals surface area contributed by atoms with Crippen molar-refractivity contribution in [1.82, 2.24) is 0 Å². The molecule has 44 valence electrons. The van der Waals surface area contributed by atoms with Gasteiger partial charge in [0.2, 0.25) is 0 Å². The molecule has 0 fully saturated rings. The van der Waals surface area contributed by atoms with Gasteiger partial charge in [-0.3, -0.25) is 0 Å². The zero-order valence-electron chi connectivity index (χ0n) is 9.81. The van der Waals surface area contributed by atoms with E-state index in [0.29, 0.717) is 0 Å². The zero-order valence-corrected chi connectivity index (χ0v) is 4.70. The van der Waals surface area contributed by atoms with Crippen molar-refractivity contribution in [3.8, 4) is 0 Å². The monoisotopic (exact) mass is 126 g/mol. The maximum Gasteiger partial charge on any atom is 0.0443 e. The van der Waals surface area contributed by atoms with E-state index in [4.69, 9.17) is 13.3 Å². The summed E-state index contributed by atoms with van der Waals surface area (Å²) in [4.78, 5) is 0. The second kappa shape index (κ2) is 2.58. The van der Waals surface area contributed by atoms with Crippen LogP contribution < -0.4 is 0 Å². The third-order valence-electron chi connectivity index (χ3n) is 0.474. The standard InChI is InChI=1S/C5H12OS/c1-5(2,7)3-4-6/h6-7H,3-4H2,1-2H3/i1D3,2D3. The van der Waals surface area contributed by atoms with E-state index >= 15 is 0 Å². The molecule has 0 amide bonds.